The fraction of sp³-hybridized carbons (Fsp3) is 0.429. The molecule has 0 radical (unpaired) electrons. The lowest BCUT2D eigenvalue weighted by Gasteiger charge is -2.08. The average Bonchev–Trinajstić information content (AvgIpc) is 2.33. The van der Waals surface area contributed by atoms with Crippen molar-refractivity contribution in [2.24, 2.45) is 0 Å². The first kappa shape index (κ1) is 15.0. The van der Waals surface area contributed by atoms with Crippen molar-refractivity contribution >= 4 is 17.6 Å². The van der Waals surface area contributed by atoms with Gasteiger partial charge in [0.25, 0.3) is 0 Å². The molecule has 5 nitrogen and oxygen atoms in total. The first-order valence-electron chi connectivity index (χ1n) is 6.17. The Balaban J connectivity index is 2.26. The Hall–Kier alpha value is -2.04. The van der Waals surface area contributed by atoms with Crippen molar-refractivity contribution in [2.45, 2.75) is 32.8 Å². The third-order valence-electron chi connectivity index (χ3n) is 2.29. The summed E-state index contributed by atoms with van der Waals surface area (Å²) in [5, 5.41) is 0. The van der Waals surface area contributed by atoms with Crippen LogP contribution in [0.5, 0.6) is 0 Å². The highest BCUT2D eigenvalue weighted by Crippen LogP contribution is 2.09. The Morgan fingerprint density at radius 1 is 1.26 bits per heavy atom. The van der Waals surface area contributed by atoms with E-state index in [-0.39, 0.29) is 19.1 Å². The Morgan fingerprint density at radius 2 is 2.00 bits per heavy atom. The zero-order chi connectivity index (χ0) is 14.3. The molecule has 0 saturated carbocycles. The van der Waals surface area contributed by atoms with Gasteiger partial charge in [-0.05, 0) is 38.0 Å². The largest absolute Gasteiger partial charge is 0.460 e. The first-order valence-corrected chi connectivity index (χ1v) is 6.17. The van der Waals surface area contributed by atoms with Crippen LogP contribution in [0.1, 0.15) is 25.8 Å². The van der Waals surface area contributed by atoms with E-state index in [1.807, 2.05) is 12.1 Å². The first-order chi connectivity index (χ1) is 8.97. The lowest BCUT2D eigenvalue weighted by molar-refractivity contribution is -0.161. The second kappa shape index (κ2) is 7.41. The van der Waals surface area contributed by atoms with Crippen molar-refractivity contribution in [1.29, 1.82) is 0 Å². The van der Waals surface area contributed by atoms with Gasteiger partial charge >= 0.3 is 11.9 Å². The fourth-order valence-corrected chi connectivity index (χ4v) is 1.50. The molecule has 0 heterocycles. The predicted octanol–water partition coefficient (Wildman–Crippen LogP) is 1.70. The number of carbonyl (C=O) groups is 2. The summed E-state index contributed by atoms with van der Waals surface area (Å²) in [6.45, 7) is 3.13. The van der Waals surface area contributed by atoms with Gasteiger partial charge in [-0.2, -0.15) is 0 Å². The number of hydrogen-bond donors (Lipinski definition) is 1. The summed E-state index contributed by atoms with van der Waals surface area (Å²) in [5.41, 5.74) is 7.25. The number of nitrogens with two attached hydrogens (primary N) is 1. The van der Waals surface area contributed by atoms with Crippen LogP contribution in [-0.2, 0) is 25.5 Å². The maximum Gasteiger partial charge on any atom is 0.344 e. The van der Waals surface area contributed by atoms with E-state index >= 15 is 0 Å². The Morgan fingerprint density at radius 3 is 2.63 bits per heavy atom. The minimum absolute atomic E-state index is 0.207. The molecule has 1 aromatic rings. The van der Waals surface area contributed by atoms with Crippen LogP contribution in [0.3, 0.4) is 0 Å². The molecule has 0 fully saturated rings. The number of esters is 2. The van der Waals surface area contributed by atoms with E-state index in [1.165, 1.54) is 0 Å². The Bertz CT molecular complexity index is 443. The van der Waals surface area contributed by atoms with Crippen LogP contribution in [0, 0.1) is 0 Å². The van der Waals surface area contributed by atoms with Gasteiger partial charge in [0, 0.05) is 12.1 Å². The number of nitrogen functional groups attached to an aromatic ring is 1. The molecule has 0 saturated heterocycles. The normalized spacial score (nSPS) is 10.3. The van der Waals surface area contributed by atoms with Gasteiger partial charge in [0.05, 0.1) is 6.10 Å². The molecule has 0 aliphatic rings. The predicted molar refractivity (Wildman–Crippen MR) is 71.4 cm³/mol. The molecule has 0 aliphatic heterocycles. The third-order valence-corrected chi connectivity index (χ3v) is 2.29. The van der Waals surface area contributed by atoms with E-state index in [4.69, 9.17) is 15.2 Å². The van der Waals surface area contributed by atoms with Gasteiger partial charge in [0.15, 0.2) is 6.61 Å². The standard InChI is InChI=1S/C14H19NO4/c1-10(2)19-14(17)9-18-13(16)7-6-11-4-3-5-12(15)8-11/h3-5,8,10H,6-7,9,15H2,1-2H3. The molecule has 1 aromatic carbocycles. The number of ether oxygens (including phenoxy) is 2. The molecular formula is C14H19NO4. The highest BCUT2D eigenvalue weighted by Gasteiger charge is 2.10. The van der Waals surface area contributed by atoms with Gasteiger partial charge in [-0.3, -0.25) is 4.79 Å². The van der Waals surface area contributed by atoms with Gasteiger partial charge < -0.3 is 15.2 Å². The lowest BCUT2D eigenvalue weighted by atomic mass is 10.1. The molecule has 0 aliphatic carbocycles. The van der Waals surface area contributed by atoms with Crippen molar-refractivity contribution in [3.8, 4) is 0 Å². The zero-order valence-electron chi connectivity index (χ0n) is 11.2. The van der Waals surface area contributed by atoms with Gasteiger partial charge in [-0.1, -0.05) is 12.1 Å². The highest BCUT2D eigenvalue weighted by molar-refractivity contribution is 5.76. The molecule has 0 bridgehead atoms. The molecule has 0 aromatic heterocycles. The minimum Gasteiger partial charge on any atom is -0.460 e. The van der Waals surface area contributed by atoms with Gasteiger partial charge in [-0.15, -0.1) is 0 Å². The summed E-state index contributed by atoms with van der Waals surface area (Å²) in [6.07, 6.45) is 0.528. The van der Waals surface area contributed by atoms with E-state index in [0.717, 1.165) is 5.56 Å². The van der Waals surface area contributed by atoms with E-state index in [9.17, 15) is 9.59 Å². The lowest BCUT2D eigenvalue weighted by Crippen LogP contribution is -2.19. The average molecular weight is 265 g/mol. The highest BCUT2D eigenvalue weighted by atomic mass is 16.6. The van der Waals surface area contributed by atoms with E-state index in [0.29, 0.717) is 12.1 Å². The second-order valence-corrected chi connectivity index (χ2v) is 4.44. The van der Waals surface area contributed by atoms with E-state index in [2.05, 4.69) is 0 Å². The molecule has 104 valence electrons. The minimum atomic E-state index is -0.535. The molecule has 19 heavy (non-hydrogen) atoms. The summed E-state index contributed by atoms with van der Waals surface area (Å²) < 4.78 is 9.66. The Labute approximate surface area is 112 Å². The topological polar surface area (TPSA) is 78.6 Å². The van der Waals surface area contributed by atoms with E-state index < -0.39 is 11.9 Å². The number of aryl methyl sites for hydroxylation is 1. The number of hydrogen-bond acceptors (Lipinski definition) is 5. The molecule has 2 N–H and O–H groups in total. The summed E-state index contributed by atoms with van der Waals surface area (Å²) in [7, 11) is 0. The summed E-state index contributed by atoms with van der Waals surface area (Å²) in [4.78, 5) is 22.6. The van der Waals surface area contributed by atoms with Crippen molar-refractivity contribution in [2.75, 3.05) is 12.3 Å². The van der Waals surface area contributed by atoms with E-state index in [1.54, 1.807) is 26.0 Å². The van der Waals surface area contributed by atoms with Crippen molar-refractivity contribution in [3.63, 3.8) is 0 Å². The number of rotatable bonds is 6. The monoisotopic (exact) mass is 265 g/mol. The van der Waals surface area contributed by atoms with Crippen LogP contribution in [0.15, 0.2) is 24.3 Å². The van der Waals surface area contributed by atoms with Crippen molar-refractivity contribution in [1.82, 2.24) is 0 Å². The molecule has 5 heteroatoms. The van der Waals surface area contributed by atoms with Gasteiger partial charge in [0.2, 0.25) is 0 Å². The molecule has 1 rings (SSSR count). The van der Waals surface area contributed by atoms with Crippen LogP contribution in [0.2, 0.25) is 0 Å². The van der Waals surface area contributed by atoms with Crippen LogP contribution in [0.4, 0.5) is 5.69 Å². The summed E-state index contributed by atoms with van der Waals surface area (Å²) in [6, 6.07) is 7.30. The smallest absolute Gasteiger partial charge is 0.344 e. The van der Waals surface area contributed by atoms with Crippen molar-refractivity contribution in [3.05, 3.63) is 29.8 Å². The zero-order valence-corrected chi connectivity index (χ0v) is 11.2. The molecule has 0 unspecified atom stereocenters. The molecule has 0 amide bonds. The molecule has 0 atom stereocenters. The Kier molecular flexibility index (Phi) is 5.85. The van der Waals surface area contributed by atoms with Crippen LogP contribution < -0.4 is 5.73 Å². The molecule has 0 spiro atoms. The van der Waals surface area contributed by atoms with Crippen LogP contribution >= 0.6 is 0 Å². The summed E-state index contributed by atoms with van der Waals surface area (Å²) >= 11 is 0. The maximum absolute atomic E-state index is 11.4. The number of carbonyl (C=O) groups excluding carboxylic acids is 2. The van der Waals surface area contributed by atoms with Gasteiger partial charge in [0.1, 0.15) is 0 Å². The molecular weight excluding hydrogens is 246 g/mol. The third kappa shape index (κ3) is 6.45. The van der Waals surface area contributed by atoms with Crippen LogP contribution in [-0.4, -0.2) is 24.6 Å². The van der Waals surface area contributed by atoms with Gasteiger partial charge in [-0.25, -0.2) is 4.79 Å². The van der Waals surface area contributed by atoms with Crippen molar-refractivity contribution < 1.29 is 19.1 Å². The summed E-state index contributed by atoms with van der Waals surface area (Å²) in [5.74, 6) is -0.963. The quantitative estimate of drug-likeness (QED) is 0.625. The maximum atomic E-state index is 11.4. The SMILES string of the molecule is CC(C)OC(=O)COC(=O)CCc1cccc(N)c1. The van der Waals surface area contributed by atoms with Crippen LogP contribution in [0.25, 0.3) is 0 Å². The fourth-order valence-electron chi connectivity index (χ4n) is 1.50. The number of benzene rings is 1. The second-order valence-electron chi connectivity index (χ2n) is 4.44. The number of anilines is 1.